The van der Waals surface area contributed by atoms with Gasteiger partial charge < -0.3 is 4.74 Å². The van der Waals surface area contributed by atoms with Crippen molar-refractivity contribution in [2.75, 3.05) is 0 Å². The van der Waals surface area contributed by atoms with Crippen molar-refractivity contribution in [2.24, 2.45) is 0 Å². The number of hydrogen-bond acceptors (Lipinski definition) is 2. The topological polar surface area (TPSA) is 22.1 Å². The highest BCUT2D eigenvalue weighted by Gasteiger charge is 2.00. The second-order valence-corrected chi connectivity index (χ2v) is 4.00. The molecule has 0 N–H and O–H groups in total. The van der Waals surface area contributed by atoms with Crippen LogP contribution in [0, 0.1) is 0 Å². The van der Waals surface area contributed by atoms with Crippen LogP contribution in [0.1, 0.15) is 5.56 Å². The molecule has 82 valence electrons. The van der Waals surface area contributed by atoms with Crippen molar-refractivity contribution in [3.63, 3.8) is 0 Å². The second-order valence-electron chi connectivity index (χ2n) is 3.21. The fourth-order valence-corrected chi connectivity index (χ4v) is 1.52. The zero-order chi connectivity index (χ0) is 11.4. The van der Waals surface area contributed by atoms with Crippen molar-refractivity contribution < 1.29 is 4.74 Å². The van der Waals surface area contributed by atoms with E-state index in [-0.39, 0.29) is 0 Å². The third kappa shape index (κ3) is 2.87. The zero-order valence-corrected chi connectivity index (χ0v) is 9.87. The van der Waals surface area contributed by atoms with Gasteiger partial charge in [-0.3, -0.25) is 0 Å². The van der Waals surface area contributed by atoms with Crippen LogP contribution in [0.4, 0.5) is 0 Å². The van der Waals surface area contributed by atoms with E-state index in [0.717, 1.165) is 5.56 Å². The Labute approximate surface area is 104 Å². The van der Waals surface area contributed by atoms with E-state index in [0.29, 0.717) is 22.5 Å². The van der Waals surface area contributed by atoms with Crippen molar-refractivity contribution in [3.05, 3.63) is 58.3 Å². The minimum absolute atomic E-state index is 0.425. The molecule has 0 atom stereocenters. The van der Waals surface area contributed by atoms with Gasteiger partial charge in [0.05, 0.1) is 5.02 Å². The lowest BCUT2D eigenvalue weighted by Crippen LogP contribution is -1.96. The van der Waals surface area contributed by atoms with Crippen molar-refractivity contribution >= 4 is 23.2 Å². The lowest BCUT2D eigenvalue weighted by atomic mass is 10.3. The maximum atomic E-state index is 5.95. The molecule has 1 aromatic heterocycles. The molecule has 2 rings (SSSR count). The summed E-state index contributed by atoms with van der Waals surface area (Å²) in [6, 6.07) is 10.9. The third-order valence-electron chi connectivity index (χ3n) is 2.02. The van der Waals surface area contributed by atoms with Gasteiger partial charge in [0.2, 0.25) is 0 Å². The molecule has 2 aromatic rings. The van der Waals surface area contributed by atoms with E-state index in [1.54, 1.807) is 18.3 Å². The van der Waals surface area contributed by atoms with Crippen LogP contribution >= 0.6 is 23.2 Å². The first-order valence-corrected chi connectivity index (χ1v) is 5.49. The number of aromatic nitrogens is 1. The Kier molecular flexibility index (Phi) is 3.65. The fourth-order valence-electron chi connectivity index (χ4n) is 1.21. The van der Waals surface area contributed by atoms with Crippen LogP contribution in [0.3, 0.4) is 0 Å². The van der Waals surface area contributed by atoms with E-state index in [4.69, 9.17) is 27.9 Å². The molecular weight excluding hydrogens is 245 g/mol. The number of benzene rings is 1. The number of nitrogens with zero attached hydrogens (tertiary/aromatic N) is 1. The molecule has 0 unspecified atom stereocenters. The van der Waals surface area contributed by atoms with Crippen LogP contribution in [0.2, 0.25) is 10.2 Å². The Morgan fingerprint density at radius 3 is 2.56 bits per heavy atom. The molecule has 2 nitrogen and oxygen atoms in total. The van der Waals surface area contributed by atoms with Crippen LogP contribution in [-0.4, -0.2) is 4.98 Å². The minimum Gasteiger partial charge on any atom is -0.487 e. The predicted molar refractivity (Wildman–Crippen MR) is 65.0 cm³/mol. The lowest BCUT2D eigenvalue weighted by Gasteiger charge is -2.07. The van der Waals surface area contributed by atoms with Gasteiger partial charge in [0.1, 0.15) is 17.5 Å². The number of hydrogen-bond donors (Lipinski definition) is 0. The van der Waals surface area contributed by atoms with E-state index in [2.05, 4.69) is 4.98 Å². The van der Waals surface area contributed by atoms with Crippen LogP contribution in [0.5, 0.6) is 5.75 Å². The molecule has 0 aliphatic rings. The summed E-state index contributed by atoms with van der Waals surface area (Å²) in [6.45, 7) is 0.425. The normalized spacial score (nSPS) is 10.1. The lowest BCUT2D eigenvalue weighted by molar-refractivity contribution is 0.306. The van der Waals surface area contributed by atoms with Crippen LogP contribution in [0.25, 0.3) is 0 Å². The first kappa shape index (κ1) is 11.2. The second kappa shape index (κ2) is 5.19. The number of ether oxygens (including phenoxy) is 1. The molecule has 1 heterocycles. The number of rotatable bonds is 3. The van der Waals surface area contributed by atoms with E-state index < -0.39 is 0 Å². The standard InChI is InChI=1S/C12H9Cl2NO/c13-10-3-1-2-4-11(10)16-8-9-5-6-12(14)15-7-9/h1-7H,8H2. The van der Waals surface area contributed by atoms with E-state index in [1.807, 2.05) is 24.3 Å². The molecule has 0 bridgehead atoms. The highest BCUT2D eigenvalue weighted by atomic mass is 35.5. The van der Waals surface area contributed by atoms with Gasteiger partial charge in [0.15, 0.2) is 0 Å². The Hall–Kier alpha value is -1.25. The average molecular weight is 254 g/mol. The van der Waals surface area contributed by atoms with Gasteiger partial charge in [-0.15, -0.1) is 0 Å². The molecule has 0 amide bonds. The average Bonchev–Trinajstić information content (AvgIpc) is 2.30. The summed E-state index contributed by atoms with van der Waals surface area (Å²) in [4.78, 5) is 3.97. The van der Waals surface area contributed by atoms with Crippen molar-refractivity contribution in [2.45, 2.75) is 6.61 Å². The molecule has 4 heteroatoms. The Bertz CT molecular complexity index is 471. The predicted octanol–water partition coefficient (Wildman–Crippen LogP) is 3.97. The van der Waals surface area contributed by atoms with Gasteiger partial charge >= 0.3 is 0 Å². The summed E-state index contributed by atoms with van der Waals surface area (Å²) in [5, 5.41) is 1.07. The maximum absolute atomic E-state index is 5.95. The number of halogens is 2. The van der Waals surface area contributed by atoms with Gasteiger partial charge in [-0.2, -0.15) is 0 Å². The molecule has 1 aromatic carbocycles. The first-order chi connectivity index (χ1) is 7.75. The van der Waals surface area contributed by atoms with Crippen molar-refractivity contribution in [1.82, 2.24) is 4.98 Å². The minimum atomic E-state index is 0.425. The first-order valence-electron chi connectivity index (χ1n) is 4.73. The SMILES string of the molecule is Clc1ccc(COc2ccccc2Cl)cn1. The molecule has 16 heavy (non-hydrogen) atoms. The van der Waals surface area contributed by atoms with Gasteiger partial charge in [-0.25, -0.2) is 4.98 Å². The van der Waals surface area contributed by atoms with Crippen LogP contribution < -0.4 is 4.74 Å². The smallest absolute Gasteiger partial charge is 0.138 e. The van der Waals surface area contributed by atoms with Gasteiger partial charge in [0.25, 0.3) is 0 Å². The molecule has 0 aliphatic carbocycles. The molecule has 0 saturated carbocycles. The quantitative estimate of drug-likeness (QED) is 0.773. The third-order valence-corrected chi connectivity index (χ3v) is 2.56. The summed E-state index contributed by atoms with van der Waals surface area (Å²) in [6.07, 6.45) is 1.68. The molecular formula is C12H9Cl2NO. The highest BCUT2D eigenvalue weighted by molar-refractivity contribution is 6.32. The summed E-state index contributed by atoms with van der Waals surface area (Å²) in [5.74, 6) is 0.666. The number of pyridine rings is 1. The van der Waals surface area contributed by atoms with Gasteiger partial charge in [-0.05, 0) is 18.2 Å². The molecule has 0 radical (unpaired) electrons. The van der Waals surface area contributed by atoms with Crippen LogP contribution in [0.15, 0.2) is 42.6 Å². The Morgan fingerprint density at radius 1 is 1.06 bits per heavy atom. The van der Waals surface area contributed by atoms with Crippen LogP contribution in [-0.2, 0) is 6.61 Å². The largest absolute Gasteiger partial charge is 0.487 e. The summed E-state index contributed by atoms with van der Waals surface area (Å²) >= 11 is 11.6. The summed E-state index contributed by atoms with van der Waals surface area (Å²) in [5.41, 5.74) is 0.948. The molecule has 0 saturated heterocycles. The molecule has 0 fully saturated rings. The van der Waals surface area contributed by atoms with Gasteiger partial charge in [-0.1, -0.05) is 41.4 Å². The number of para-hydroxylation sites is 1. The summed E-state index contributed by atoms with van der Waals surface area (Å²) < 4.78 is 5.55. The zero-order valence-electron chi connectivity index (χ0n) is 8.36. The fraction of sp³-hybridized carbons (Fsp3) is 0.0833. The van der Waals surface area contributed by atoms with E-state index in [1.165, 1.54) is 0 Å². The van der Waals surface area contributed by atoms with Crippen molar-refractivity contribution in [3.8, 4) is 5.75 Å². The van der Waals surface area contributed by atoms with Crippen molar-refractivity contribution in [1.29, 1.82) is 0 Å². The Morgan fingerprint density at radius 2 is 1.88 bits per heavy atom. The van der Waals surface area contributed by atoms with Gasteiger partial charge in [0, 0.05) is 11.8 Å². The van der Waals surface area contributed by atoms with E-state index in [9.17, 15) is 0 Å². The maximum Gasteiger partial charge on any atom is 0.138 e. The van der Waals surface area contributed by atoms with E-state index >= 15 is 0 Å². The monoisotopic (exact) mass is 253 g/mol. The molecule has 0 spiro atoms. The highest BCUT2D eigenvalue weighted by Crippen LogP contribution is 2.24. The summed E-state index contributed by atoms with van der Waals surface area (Å²) in [7, 11) is 0. The Balaban J connectivity index is 2.02. The molecule has 0 aliphatic heterocycles.